The zero-order chi connectivity index (χ0) is 13.1. The van der Waals surface area contributed by atoms with E-state index in [9.17, 15) is 4.79 Å². The number of hydrogen-bond acceptors (Lipinski definition) is 4. The van der Waals surface area contributed by atoms with Crippen molar-refractivity contribution < 1.29 is 4.79 Å². The number of nitrogens with one attached hydrogen (secondary N) is 1. The van der Waals surface area contributed by atoms with Gasteiger partial charge >= 0.3 is 0 Å². The zero-order valence-corrected chi connectivity index (χ0v) is 11.4. The van der Waals surface area contributed by atoms with Gasteiger partial charge < -0.3 is 10.2 Å². The number of carbonyl (C=O) groups is 1. The van der Waals surface area contributed by atoms with E-state index in [2.05, 4.69) is 20.2 Å². The van der Waals surface area contributed by atoms with Crippen molar-refractivity contribution in [2.45, 2.75) is 32.2 Å². The topological polar surface area (TPSA) is 58.1 Å². The summed E-state index contributed by atoms with van der Waals surface area (Å²) in [5.41, 5.74) is 1.46. The Hall–Kier alpha value is -1.36. The number of fused-ring (bicyclic) bond motifs is 5. The van der Waals surface area contributed by atoms with E-state index in [1.54, 1.807) is 0 Å². The van der Waals surface area contributed by atoms with Gasteiger partial charge in [0.15, 0.2) is 5.82 Å². The molecule has 2 aliphatic heterocycles. The quantitative estimate of drug-likeness (QED) is 0.738. The molecule has 1 aliphatic carbocycles. The van der Waals surface area contributed by atoms with Crippen molar-refractivity contribution in [3.8, 4) is 0 Å². The maximum atomic E-state index is 12.4. The van der Waals surface area contributed by atoms with Crippen molar-refractivity contribution in [3.05, 3.63) is 11.0 Å². The van der Waals surface area contributed by atoms with E-state index in [0.29, 0.717) is 11.8 Å². The molecule has 0 aromatic carbocycles. The molecule has 1 aromatic rings. The van der Waals surface area contributed by atoms with Gasteiger partial charge in [0.1, 0.15) is 11.7 Å². The summed E-state index contributed by atoms with van der Waals surface area (Å²) in [6, 6.07) is -0.0645. The Balaban J connectivity index is 1.84. The highest BCUT2D eigenvalue weighted by Crippen LogP contribution is 2.47. The monoisotopic (exact) mass is 278 g/mol. The number of amides is 1. The van der Waals surface area contributed by atoms with Gasteiger partial charge in [0.25, 0.3) is 0 Å². The van der Waals surface area contributed by atoms with Gasteiger partial charge in [0.05, 0.1) is 5.69 Å². The van der Waals surface area contributed by atoms with Gasteiger partial charge in [-0.25, -0.2) is 4.98 Å². The number of aromatic nitrogens is 2. The lowest BCUT2D eigenvalue weighted by molar-refractivity contribution is -0.118. The molecule has 0 radical (unpaired) electrons. The molecule has 1 N–H and O–H groups in total. The van der Waals surface area contributed by atoms with E-state index < -0.39 is 0 Å². The van der Waals surface area contributed by atoms with Gasteiger partial charge in [-0.2, -0.15) is 4.98 Å². The second-order valence-corrected chi connectivity index (χ2v) is 6.06. The molecule has 3 heterocycles. The first-order valence-electron chi connectivity index (χ1n) is 6.77. The van der Waals surface area contributed by atoms with E-state index in [1.165, 1.54) is 12.8 Å². The van der Waals surface area contributed by atoms with Crippen LogP contribution in [-0.4, -0.2) is 28.5 Å². The minimum atomic E-state index is -0.0645. The predicted molar refractivity (Wildman–Crippen MR) is 72.4 cm³/mol. The van der Waals surface area contributed by atoms with Crippen LogP contribution in [0.15, 0.2) is 0 Å². The molecule has 3 atom stereocenters. The van der Waals surface area contributed by atoms with Crippen LogP contribution < -0.4 is 10.2 Å². The molecular weight excluding hydrogens is 264 g/mol. The minimum absolute atomic E-state index is 0.0645. The lowest BCUT2D eigenvalue weighted by atomic mass is 9.93. The smallest absolute Gasteiger partial charge is 0.247 e. The molecule has 2 fully saturated rings. The van der Waals surface area contributed by atoms with Crippen LogP contribution in [0.5, 0.6) is 0 Å². The van der Waals surface area contributed by atoms with E-state index in [-0.39, 0.29) is 17.2 Å². The maximum absolute atomic E-state index is 12.4. The number of aryl methyl sites for hydroxylation is 1. The Morgan fingerprint density at radius 1 is 1.37 bits per heavy atom. The summed E-state index contributed by atoms with van der Waals surface area (Å²) in [5.74, 6) is 1.99. The number of rotatable bonds is 0. The Morgan fingerprint density at radius 3 is 3.05 bits per heavy atom. The second kappa shape index (κ2) is 3.82. The molecule has 1 saturated heterocycles. The summed E-state index contributed by atoms with van der Waals surface area (Å²) in [4.78, 5) is 23.0. The van der Waals surface area contributed by atoms with Crippen LogP contribution in [0.25, 0.3) is 0 Å². The number of nitrogens with zero attached hydrogens (tertiary/aromatic N) is 3. The fourth-order valence-corrected chi connectivity index (χ4v) is 4.14. The summed E-state index contributed by atoms with van der Waals surface area (Å²) >= 11 is 5.97. The molecule has 0 bridgehead atoms. The highest BCUT2D eigenvalue weighted by Gasteiger charge is 2.50. The summed E-state index contributed by atoms with van der Waals surface area (Å²) in [6.45, 7) is 2.77. The zero-order valence-electron chi connectivity index (χ0n) is 10.7. The summed E-state index contributed by atoms with van der Waals surface area (Å²) < 4.78 is 0. The first kappa shape index (κ1) is 11.5. The van der Waals surface area contributed by atoms with Gasteiger partial charge in [-0.1, -0.05) is 6.42 Å². The highest BCUT2D eigenvalue weighted by molar-refractivity contribution is 6.28. The van der Waals surface area contributed by atoms with E-state index in [0.717, 1.165) is 30.2 Å². The second-order valence-electron chi connectivity index (χ2n) is 5.72. The van der Waals surface area contributed by atoms with Crippen molar-refractivity contribution in [1.82, 2.24) is 9.97 Å². The van der Waals surface area contributed by atoms with Crippen LogP contribution in [0.4, 0.5) is 11.5 Å². The fraction of sp³-hybridized carbons (Fsp3) is 0.615. The van der Waals surface area contributed by atoms with Gasteiger partial charge in [-0.15, -0.1) is 0 Å². The molecule has 19 heavy (non-hydrogen) atoms. The third-order valence-electron chi connectivity index (χ3n) is 4.72. The molecule has 5 nitrogen and oxygen atoms in total. The molecule has 3 unspecified atom stereocenters. The third-order valence-corrected chi connectivity index (χ3v) is 4.89. The van der Waals surface area contributed by atoms with E-state index in [4.69, 9.17) is 11.6 Å². The molecule has 6 heteroatoms. The standard InChI is InChI=1S/C13H15ClN4O/c1-6-9-11(17-13(14)15-6)18-5-7-3-2-4-8(7)10(18)12(19)16-9/h7-8,10H,2-5H2,1H3,(H,16,19). The van der Waals surface area contributed by atoms with Gasteiger partial charge in [0, 0.05) is 6.54 Å². The molecule has 3 aliphatic rings. The molecular formula is C13H15ClN4O. The minimum Gasteiger partial charge on any atom is -0.342 e. The molecule has 1 amide bonds. The Kier molecular flexibility index (Phi) is 2.31. The Labute approximate surface area is 116 Å². The predicted octanol–water partition coefficient (Wildman–Crippen LogP) is 2.00. The third kappa shape index (κ3) is 1.51. The molecule has 100 valence electrons. The first-order chi connectivity index (χ1) is 9.15. The van der Waals surface area contributed by atoms with Gasteiger partial charge in [-0.3, -0.25) is 4.79 Å². The number of halogens is 1. The summed E-state index contributed by atoms with van der Waals surface area (Å²) in [6.07, 6.45) is 3.60. The average Bonchev–Trinajstić information content (AvgIpc) is 2.90. The lowest BCUT2D eigenvalue weighted by Crippen LogP contribution is -2.47. The molecule has 1 saturated carbocycles. The Bertz CT molecular complexity index is 576. The van der Waals surface area contributed by atoms with Crippen molar-refractivity contribution in [2.24, 2.45) is 11.8 Å². The lowest BCUT2D eigenvalue weighted by Gasteiger charge is -2.34. The van der Waals surface area contributed by atoms with Crippen LogP contribution in [0.1, 0.15) is 25.0 Å². The van der Waals surface area contributed by atoms with Crippen LogP contribution in [0.2, 0.25) is 5.28 Å². The van der Waals surface area contributed by atoms with Gasteiger partial charge in [0.2, 0.25) is 11.2 Å². The molecule has 1 aromatic heterocycles. The van der Waals surface area contributed by atoms with Crippen LogP contribution >= 0.6 is 11.6 Å². The fourth-order valence-electron chi connectivity index (χ4n) is 3.94. The van der Waals surface area contributed by atoms with Crippen LogP contribution in [0.3, 0.4) is 0 Å². The molecule has 4 rings (SSSR count). The SMILES string of the molecule is Cc1nc(Cl)nc2c1NC(=O)C1C3CCCC3CN21. The normalized spacial score (nSPS) is 31.8. The first-order valence-corrected chi connectivity index (χ1v) is 7.14. The average molecular weight is 279 g/mol. The maximum Gasteiger partial charge on any atom is 0.247 e. The van der Waals surface area contributed by atoms with Crippen molar-refractivity contribution in [1.29, 1.82) is 0 Å². The van der Waals surface area contributed by atoms with Crippen molar-refractivity contribution >= 4 is 29.0 Å². The van der Waals surface area contributed by atoms with Crippen molar-refractivity contribution in [3.63, 3.8) is 0 Å². The highest BCUT2D eigenvalue weighted by atomic mass is 35.5. The largest absolute Gasteiger partial charge is 0.342 e. The molecule has 0 spiro atoms. The van der Waals surface area contributed by atoms with Crippen LogP contribution in [-0.2, 0) is 4.79 Å². The number of anilines is 2. The summed E-state index contributed by atoms with van der Waals surface area (Å²) in [5, 5.41) is 3.23. The van der Waals surface area contributed by atoms with E-state index in [1.807, 2.05) is 6.92 Å². The van der Waals surface area contributed by atoms with E-state index >= 15 is 0 Å². The van der Waals surface area contributed by atoms with Gasteiger partial charge in [-0.05, 0) is 43.2 Å². The number of hydrogen-bond donors (Lipinski definition) is 1. The van der Waals surface area contributed by atoms with Crippen molar-refractivity contribution in [2.75, 3.05) is 16.8 Å². The summed E-state index contributed by atoms with van der Waals surface area (Å²) in [7, 11) is 0. The Morgan fingerprint density at radius 2 is 2.21 bits per heavy atom. The number of carbonyl (C=O) groups excluding carboxylic acids is 1. The van der Waals surface area contributed by atoms with Crippen LogP contribution in [0, 0.1) is 18.8 Å².